The van der Waals surface area contributed by atoms with E-state index in [1.165, 1.54) is 32.1 Å². The van der Waals surface area contributed by atoms with Crippen LogP contribution in [0.4, 0.5) is 0 Å². The molecule has 1 aliphatic rings. The van der Waals surface area contributed by atoms with E-state index in [-0.39, 0.29) is 11.8 Å². The highest BCUT2D eigenvalue weighted by Crippen LogP contribution is 2.22. The van der Waals surface area contributed by atoms with Gasteiger partial charge in [0.25, 0.3) is 0 Å². The summed E-state index contributed by atoms with van der Waals surface area (Å²) < 4.78 is 23.0. The standard InChI is InChI=1S/C18H37NO4Si2/c1-5-20-17(21-6-2)24-14-19(16-12-10-9-11-13-16)15-25-18(22-7-3)23-8-4/h16-18H,5-15H2,1-4H3. The maximum Gasteiger partial charge on any atom is 0.138 e. The largest absolute Gasteiger partial charge is 0.357 e. The molecular formula is C18H37NO4Si2. The molecule has 0 bridgehead atoms. The summed E-state index contributed by atoms with van der Waals surface area (Å²) >= 11 is 0. The van der Waals surface area contributed by atoms with Gasteiger partial charge in [-0.15, -0.1) is 0 Å². The number of nitrogens with zero attached hydrogens (tertiary/aromatic N) is 1. The van der Waals surface area contributed by atoms with Gasteiger partial charge >= 0.3 is 0 Å². The van der Waals surface area contributed by atoms with Crippen LogP contribution in [0.3, 0.4) is 0 Å². The molecule has 7 heteroatoms. The molecule has 1 saturated carbocycles. The first-order valence-corrected chi connectivity index (χ1v) is 12.5. The van der Waals surface area contributed by atoms with Crippen molar-refractivity contribution in [2.45, 2.75) is 77.7 Å². The van der Waals surface area contributed by atoms with Gasteiger partial charge in [0.2, 0.25) is 0 Å². The molecule has 0 heterocycles. The van der Waals surface area contributed by atoms with E-state index in [0.717, 1.165) is 12.3 Å². The maximum atomic E-state index is 5.74. The topological polar surface area (TPSA) is 40.2 Å². The van der Waals surface area contributed by atoms with Crippen LogP contribution in [0.25, 0.3) is 0 Å². The van der Waals surface area contributed by atoms with Gasteiger partial charge in [0.15, 0.2) is 0 Å². The van der Waals surface area contributed by atoms with Crippen molar-refractivity contribution in [3.05, 3.63) is 0 Å². The van der Waals surface area contributed by atoms with Gasteiger partial charge in [-0.05, 0) is 52.9 Å². The van der Waals surface area contributed by atoms with E-state index >= 15 is 0 Å². The summed E-state index contributed by atoms with van der Waals surface area (Å²) in [6.07, 6.45) is 8.83. The molecule has 0 N–H and O–H groups in total. The Balaban J connectivity index is 2.55. The van der Waals surface area contributed by atoms with Crippen LogP contribution in [-0.2, 0) is 18.9 Å². The van der Waals surface area contributed by atoms with Crippen molar-refractivity contribution in [1.82, 2.24) is 4.90 Å². The first kappa shape index (κ1) is 23.3. The molecule has 0 unspecified atom stereocenters. The predicted molar refractivity (Wildman–Crippen MR) is 104 cm³/mol. The quantitative estimate of drug-likeness (QED) is 0.319. The monoisotopic (exact) mass is 387 g/mol. The van der Waals surface area contributed by atoms with Gasteiger partial charge in [-0.25, -0.2) is 0 Å². The Labute approximate surface area is 159 Å². The van der Waals surface area contributed by atoms with Crippen LogP contribution in [0.15, 0.2) is 0 Å². The van der Waals surface area contributed by atoms with Crippen LogP contribution in [0.2, 0.25) is 0 Å². The smallest absolute Gasteiger partial charge is 0.138 e. The van der Waals surface area contributed by atoms with Crippen molar-refractivity contribution in [3.8, 4) is 0 Å². The Morgan fingerprint density at radius 1 is 0.720 bits per heavy atom. The summed E-state index contributed by atoms with van der Waals surface area (Å²) in [6.45, 7) is 11.0. The summed E-state index contributed by atoms with van der Waals surface area (Å²) in [5, 5.41) is 0. The number of hydrogen-bond donors (Lipinski definition) is 0. The molecular weight excluding hydrogens is 350 g/mol. The molecule has 0 amide bonds. The predicted octanol–water partition coefficient (Wildman–Crippen LogP) is 2.66. The Morgan fingerprint density at radius 3 is 1.48 bits per heavy atom. The van der Waals surface area contributed by atoms with Gasteiger partial charge in [-0.1, -0.05) is 19.3 Å². The molecule has 1 fully saturated rings. The van der Waals surface area contributed by atoms with E-state index < -0.39 is 0 Å². The zero-order valence-corrected chi connectivity index (χ0v) is 18.6. The van der Waals surface area contributed by atoms with Crippen molar-refractivity contribution in [2.75, 3.05) is 38.8 Å². The summed E-state index contributed by atoms with van der Waals surface area (Å²) in [7, 11) is 1.30. The van der Waals surface area contributed by atoms with Crippen molar-refractivity contribution in [3.63, 3.8) is 0 Å². The molecule has 0 saturated heterocycles. The molecule has 1 rings (SSSR count). The first-order chi connectivity index (χ1) is 12.2. The lowest BCUT2D eigenvalue weighted by molar-refractivity contribution is -0.0845. The van der Waals surface area contributed by atoms with Gasteiger partial charge in [-0.3, -0.25) is 0 Å². The van der Waals surface area contributed by atoms with Crippen molar-refractivity contribution in [2.24, 2.45) is 0 Å². The molecule has 0 aliphatic heterocycles. The highest BCUT2D eigenvalue weighted by atomic mass is 28.2. The van der Waals surface area contributed by atoms with Crippen LogP contribution in [0, 0.1) is 0 Å². The molecule has 4 radical (unpaired) electrons. The summed E-state index contributed by atoms with van der Waals surface area (Å²) in [4.78, 5) is 2.64. The van der Waals surface area contributed by atoms with Gasteiger partial charge < -0.3 is 23.8 Å². The molecule has 25 heavy (non-hydrogen) atoms. The second-order valence-corrected chi connectivity index (χ2v) is 8.48. The molecule has 1 aliphatic carbocycles. The average molecular weight is 388 g/mol. The number of hydrogen-bond acceptors (Lipinski definition) is 5. The molecule has 5 nitrogen and oxygen atoms in total. The summed E-state index contributed by atoms with van der Waals surface area (Å²) in [5.41, 5.74) is 0. The lowest BCUT2D eigenvalue weighted by Gasteiger charge is -2.35. The Hall–Kier alpha value is 0.234. The van der Waals surface area contributed by atoms with Crippen LogP contribution in [-0.4, -0.2) is 80.6 Å². The normalized spacial score (nSPS) is 16.4. The highest BCUT2D eigenvalue weighted by molar-refractivity contribution is 6.38. The summed E-state index contributed by atoms with van der Waals surface area (Å²) in [5.74, 6) is -0.113. The first-order valence-electron chi connectivity index (χ1n) is 9.92. The van der Waals surface area contributed by atoms with E-state index in [1.54, 1.807) is 0 Å². The lowest BCUT2D eigenvalue weighted by atomic mass is 9.95. The zero-order chi connectivity index (χ0) is 18.3. The fourth-order valence-corrected chi connectivity index (χ4v) is 5.95. The van der Waals surface area contributed by atoms with E-state index in [4.69, 9.17) is 18.9 Å². The molecule has 146 valence electrons. The summed E-state index contributed by atoms with van der Waals surface area (Å²) in [6, 6.07) is 0.696. The second-order valence-electron chi connectivity index (χ2n) is 6.09. The molecule has 0 aromatic carbocycles. The second kappa shape index (κ2) is 15.3. The van der Waals surface area contributed by atoms with Gasteiger partial charge in [0, 0.05) is 32.5 Å². The number of ether oxygens (including phenoxy) is 4. The SMILES string of the molecule is CCOC(OCC)[Si]CN(C[Si]C(OCC)OCC)C1CCCCC1. The van der Waals surface area contributed by atoms with Crippen molar-refractivity contribution < 1.29 is 18.9 Å². The fraction of sp³-hybridized carbons (Fsp3) is 1.00. The van der Waals surface area contributed by atoms with E-state index in [1.807, 2.05) is 27.7 Å². The van der Waals surface area contributed by atoms with Crippen molar-refractivity contribution in [1.29, 1.82) is 0 Å². The molecule has 0 aromatic rings. The Bertz CT molecular complexity index is 275. The minimum atomic E-state index is -0.0565. The maximum absolute atomic E-state index is 5.74. The third-order valence-electron chi connectivity index (χ3n) is 4.29. The van der Waals surface area contributed by atoms with Crippen LogP contribution in [0.5, 0.6) is 0 Å². The fourth-order valence-electron chi connectivity index (χ4n) is 3.08. The van der Waals surface area contributed by atoms with Gasteiger partial charge in [0.1, 0.15) is 30.9 Å². The highest BCUT2D eigenvalue weighted by Gasteiger charge is 2.24. The Kier molecular flexibility index (Phi) is 14.2. The third kappa shape index (κ3) is 10.2. The minimum absolute atomic E-state index is 0.0565. The lowest BCUT2D eigenvalue weighted by Crippen LogP contribution is -2.46. The Morgan fingerprint density at radius 2 is 1.12 bits per heavy atom. The van der Waals surface area contributed by atoms with Gasteiger partial charge in [-0.2, -0.15) is 0 Å². The van der Waals surface area contributed by atoms with Crippen LogP contribution in [0.1, 0.15) is 59.8 Å². The number of rotatable bonds is 15. The van der Waals surface area contributed by atoms with E-state index in [9.17, 15) is 0 Å². The average Bonchev–Trinajstić information content (AvgIpc) is 2.63. The molecule has 0 atom stereocenters. The van der Waals surface area contributed by atoms with Crippen LogP contribution < -0.4 is 0 Å². The van der Waals surface area contributed by atoms with Gasteiger partial charge in [0.05, 0.1) is 0 Å². The van der Waals surface area contributed by atoms with E-state index in [2.05, 4.69) is 4.90 Å². The third-order valence-corrected chi connectivity index (χ3v) is 6.80. The molecule has 0 spiro atoms. The minimum Gasteiger partial charge on any atom is -0.357 e. The zero-order valence-electron chi connectivity index (χ0n) is 16.6. The van der Waals surface area contributed by atoms with Crippen molar-refractivity contribution >= 4 is 19.0 Å². The van der Waals surface area contributed by atoms with E-state index in [0.29, 0.717) is 51.5 Å². The molecule has 0 aromatic heterocycles. The van der Waals surface area contributed by atoms with Crippen LogP contribution >= 0.6 is 0 Å².